The number of carbonyl (C=O) groups excluding carboxylic acids is 1. The van der Waals surface area contributed by atoms with Crippen LogP contribution in [0.5, 0.6) is 11.5 Å². The molecule has 2 bridgehead atoms. The van der Waals surface area contributed by atoms with Gasteiger partial charge in [0.05, 0.1) is 7.11 Å². The number of benzene rings is 1. The molecule has 154 valence electrons. The number of piperidine rings is 3. The van der Waals surface area contributed by atoms with E-state index in [-0.39, 0.29) is 12.5 Å². The molecular formula is C23H34N2O3. The lowest BCUT2D eigenvalue weighted by Crippen LogP contribution is -2.62. The maximum atomic E-state index is 12.8. The number of amides is 1. The fourth-order valence-electron chi connectivity index (χ4n) is 5.69. The first-order valence-electron chi connectivity index (χ1n) is 11.0. The van der Waals surface area contributed by atoms with Crippen molar-refractivity contribution in [3.05, 3.63) is 24.3 Å². The second-order valence-electron chi connectivity index (χ2n) is 8.77. The normalized spacial score (nSPS) is 29.9. The first kappa shape index (κ1) is 19.6. The van der Waals surface area contributed by atoms with Gasteiger partial charge in [-0.1, -0.05) is 25.8 Å². The molecule has 5 nitrogen and oxygen atoms in total. The van der Waals surface area contributed by atoms with E-state index >= 15 is 0 Å². The van der Waals surface area contributed by atoms with Gasteiger partial charge < -0.3 is 14.4 Å². The summed E-state index contributed by atoms with van der Waals surface area (Å²) >= 11 is 0. The van der Waals surface area contributed by atoms with Crippen molar-refractivity contribution in [3.8, 4) is 11.5 Å². The maximum absolute atomic E-state index is 12.8. The zero-order valence-electron chi connectivity index (χ0n) is 17.3. The van der Waals surface area contributed by atoms with E-state index < -0.39 is 0 Å². The number of ether oxygens (including phenoxy) is 2. The van der Waals surface area contributed by atoms with Gasteiger partial charge in [-0.25, -0.2) is 0 Å². The van der Waals surface area contributed by atoms with Crippen molar-refractivity contribution in [2.45, 2.75) is 57.5 Å². The summed E-state index contributed by atoms with van der Waals surface area (Å²) in [6.07, 6.45) is 7.91. The van der Waals surface area contributed by atoms with Crippen LogP contribution in [0.15, 0.2) is 24.3 Å². The highest BCUT2D eigenvalue weighted by Crippen LogP contribution is 2.40. The molecule has 4 atom stereocenters. The van der Waals surface area contributed by atoms with Crippen molar-refractivity contribution in [1.29, 1.82) is 0 Å². The van der Waals surface area contributed by atoms with Crippen LogP contribution in [0, 0.1) is 11.8 Å². The molecule has 28 heavy (non-hydrogen) atoms. The highest BCUT2D eigenvalue weighted by molar-refractivity contribution is 5.78. The number of likely N-dealkylation sites (tertiary alicyclic amines) is 1. The summed E-state index contributed by atoms with van der Waals surface area (Å²) in [4.78, 5) is 17.7. The van der Waals surface area contributed by atoms with Gasteiger partial charge in [-0.3, -0.25) is 9.69 Å². The van der Waals surface area contributed by atoms with Crippen molar-refractivity contribution < 1.29 is 14.3 Å². The Hall–Kier alpha value is -1.75. The summed E-state index contributed by atoms with van der Waals surface area (Å²) in [6, 6.07) is 8.90. The van der Waals surface area contributed by atoms with Gasteiger partial charge in [-0.15, -0.1) is 0 Å². The predicted octanol–water partition coefficient (Wildman–Crippen LogP) is 3.58. The fraction of sp³-hybridized carbons (Fsp3) is 0.696. The quantitative estimate of drug-likeness (QED) is 0.749. The van der Waals surface area contributed by atoms with Crippen LogP contribution < -0.4 is 9.47 Å². The molecule has 5 heteroatoms. The Kier molecular flexibility index (Phi) is 6.10. The van der Waals surface area contributed by atoms with Gasteiger partial charge >= 0.3 is 0 Å². The summed E-state index contributed by atoms with van der Waals surface area (Å²) < 4.78 is 11.0. The number of carbonyl (C=O) groups is 1. The lowest BCUT2D eigenvalue weighted by atomic mass is 9.74. The van der Waals surface area contributed by atoms with Crippen LogP contribution in [0.4, 0.5) is 0 Å². The smallest absolute Gasteiger partial charge is 0.260 e. The molecule has 3 heterocycles. The molecule has 1 aromatic rings. The van der Waals surface area contributed by atoms with E-state index in [9.17, 15) is 4.79 Å². The van der Waals surface area contributed by atoms with E-state index in [1.54, 1.807) is 7.11 Å². The van der Waals surface area contributed by atoms with Crippen LogP contribution in [-0.2, 0) is 4.79 Å². The van der Waals surface area contributed by atoms with E-state index in [0.717, 1.165) is 24.9 Å². The molecule has 4 rings (SSSR count). The number of fused-ring (bicyclic) bond motifs is 4. The topological polar surface area (TPSA) is 42.0 Å². The SMILES string of the molecule is CCC[C@H]1CCC[C@H]2[C@@H]3C[C@@H](CN(C(=O)COc4cccc(OC)c4)C3)CN12. The standard InChI is InChI=1S/C23H34N2O3/c1-3-6-19-7-4-10-22-18-11-17(14-25(19)22)13-24(15-18)23(26)16-28-21-9-5-8-20(12-21)27-2/h5,8-9,12,17-19,22H,3-4,6-7,10-11,13-16H2,1-2H3/t17-,18+,19-,22-/m0/s1. The van der Waals surface area contributed by atoms with E-state index in [2.05, 4.69) is 16.7 Å². The van der Waals surface area contributed by atoms with Crippen molar-refractivity contribution in [3.63, 3.8) is 0 Å². The fourth-order valence-corrected chi connectivity index (χ4v) is 5.69. The second kappa shape index (κ2) is 8.73. The molecule has 3 saturated heterocycles. The zero-order valence-corrected chi connectivity index (χ0v) is 17.3. The molecule has 1 amide bonds. The van der Waals surface area contributed by atoms with E-state index in [0.29, 0.717) is 23.6 Å². The number of rotatable bonds is 6. The van der Waals surface area contributed by atoms with Gasteiger partial charge in [0.15, 0.2) is 6.61 Å². The molecule has 3 aliphatic heterocycles. The summed E-state index contributed by atoms with van der Waals surface area (Å²) in [7, 11) is 1.64. The molecule has 0 N–H and O–H groups in total. The van der Waals surface area contributed by atoms with Gasteiger partial charge in [0.2, 0.25) is 0 Å². The second-order valence-corrected chi connectivity index (χ2v) is 8.77. The van der Waals surface area contributed by atoms with Crippen LogP contribution in [-0.4, -0.2) is 61.1 Å². The lowest BCUT2D eigenvalue weighted by molar-refractivity contribution is -0.141. The summed E-state index contributed by atoms with van der Waals surface area (Å²) in [6.45, 7) is 5.37. The highest BCUT2D eigenvalue weighted by Gasteiger charge is 2.45. The van der Waals surface area contributed by atoms with Gasteiger partial charge in [0.25, 0.3) is 5.91 Å². The van der Waals surface area contributed by atoms with Crippen LogP contribution in [0.3, 0.4) is 0 Å². The lowest BCUT2D eigenvalue weighted by Gasteiger charge is -2.55. The minimum absolute atomic E-state index is 0.111. The Morgan fingerprint density at radius 3 is 2.86 bits per heavy atom. The van der Waals surface area contributed by atoms with Crippen LogP contribution in [0.25, 0.3) is 0 Å². The third-order valence-corrected chi connectivity index (χ3v) is 6.89. The summed E-state index contributed by atoms with van der Waals surface area (Å²) in [5.74, 6) is 2.80. The Labute approximate surface area is 169 Å². The van der Waals surface area contributed by atoms with E-state index in [4.69, 9.17) is 9.47 Å². The van der Waals surface area contributed by atoms with Crippen LogP contribution in [0.1, 0.15) is 45.4 Å². The number of hydrogen-bond acceptors (Lipinski definition) is 4. The molecule has 0 aliphatic carbocycles. The Bertz CT molecular complexity index is 678. The zero-order chi connectivity index (χ0) is 19.5. The third-order valence-electron chi connectivity index (χ3n) is 6.89. The molecule has 3 fully saturated rings. The predicted molar refractivity (Wildman–Crippen MR) is 110 cm³/mol. The first-order valence-corrected chi connectivity index (χ1v) is 11.0. The van der Waals surface area contributed by atoms with Gasteiger partial charge in [-0.2, -0.15) is 0 Å². The Balaban J connectivity index is 1.35. The Morgan fingerprint density at radius 2 is 2.04 bits per heavy atom. The third kappa shape index (κ3) is 4.14. The summed E-state index contributed by atoms with van der Waals surface area (Å²) in [5, 5.41) is 0. The van der Waals surface area contributed by atoms with Crippen molar-refractivity contribution >= 4 is 5.91 Å². The van der Waals surface area contributed by atoms with Gasteiger partial charge in [0.1, 0.15) is 11.5 Å². The molecule has 0 unspecified atom stereocenters. The molecule has 0 saturated carbocycles. The largest absolute Gasteiger partial charge is 0.497 e. The van der Waals surface area contributed by atoms with E-state index in [1.165, 1.54) is 45.1 Å². The molecule has 0 aromatic heterocycles. The molecular weight excluding hydrogens is 352 g/mol. The highest BCUT2D eigenvalue weighted by atomic mass is 16.5. The average Bonchev–Trinajstić information content (AvgIpc) is 2.73. The average molecular weight is 387 g/mol. The molecule has 0 spiro atoms. The number of methoxy groups -OCH3 is 1. The summed E-state index contributed by atoms with van der Waals surface area (Å²) in [5.41, 5.74) is 0. The first-order chi connectivity index (χ1) is 13.7. The molecule has 3 aliphatic rings. The van der Waals surface area contributed by atoms with E-state index in [1.807, 2.05) is 24.3 Å². The number of nitrogens with zero attached hydrogens (tertiary/aromatic N) is 2. The van der Waals surface area contributed by atoms with Crippen LogP contribution >= 0.6 is 0 Å². The van der Waals surface area contributed by atoms with Crippen molar-refractivity contribution in [2.75, 3.05) is 33.4 Å². The van der Waals surface area contributed by atoms with Gasteiger partial charge in [0, 0.05) is 37.8 Å². The van der Waals surface area contributed by atoms with Gasteiger partial charge in [-0.05, 0) is 49.7 Å². The Morgan fingerprint density at radius 1 is 1.18 bits per heavy atom. The minimum atomic E-state index is 0.111. The van der Waals surface area contributed by atoms with Crippen molar-refractivity contribution in [1.82, 2.24) is 9.80 Å². The number of hydrogen-bond donors (Lipinski definition) is 0. The van der Waals surface area contributed by atoms with Crippen molar-refractivity contribution in [2.24, 2.45) is 11.8 Å². The molecule has 0 radical (unpaired) electrons. The maximum Gasteiger partial charge on any atom is 0.260 e. The van der Waals surface area contributed by atoms with Crippen LogP contribution in [0.2, 0.25) is 0 Å². The minimum Gasteiger partial charge on any atom is -0.497 e. The monoisotopic (exact) mass is 386 g/mol. The molecule has 1 aromatic carbocycles.